The van der Waals surface area contributed by atoms with Crippen molar-refractivity contribution in [1.29, 1.82) is 0 Å². The van der Waals surface area contributed by atoms with Gasteiger partial charge in [0, 0.05) is 11.1 Å². The Bertz CT molecular complexity index is 1350. The van der Waals surface area contributed by atoms with Gasteiger partial charge in [-0.1, -0.05) is 30.3 Å². The average molecular weight is 531 g/mol. The SMILES string of the molecule is COc1ccc(C=C(C(=O)/C=C/c2cccc(OC)c2OC)C(=O)/C=C/c2cccc(OC)c2OC)cc1O. The molecule has 8 heteroatoms. The zero-order valence-electron chi connectivity index (χ0n) is 22.4. The highest BCUT2D eigenvalue weighted by atomic mass is 16.5. The molecule has 3 rings (SSSR count). The van der Waals surface area contributed by atoms with Gasteiger partial charge in [0.2, 0.25) is 0 Å². The summed E-state index contributed by atoms with van der Waals surface area (Å²) in [5.74, 6) is 0.938. The van der Waals surface area contributed by atoms with Crippen molar-refractivity contribution in [3.8, 4) is 34.5 Å². The Morgan fingerprint density at radius 1 is 0.641 bits per heavy atom. The number of carbonyl (C=O) groups excluding carboxylic acids is 2. The van der Waals surface area contributed by atoms with Crippen molar-refractivity contribution in [2.45, 2.75) is 0 Å². The highest BCUT2D eigenvalue weighted by Crippen LogP contribution is 2.33. The lowest BCUT2D eigenvalue weighted by Gasteiger charge is -2.10. The van der Waals surface area contributed by atoms with Gasteiger partial charge < -0.3 is 28.8 Å². The summed E-state index contributed by atoms with van der Waals surface area (Å²) < 4.78 is 26.6. The lowest BCUT2D eigenvalue weighted by molar-refractivity contribution is -0.116. The normalized spacial score (nSPS) is 10.8. The molecule has 8 nitrogen and oxygen atoms in total. The standard InChI is InChI=1S/C31H30O8/c1-35-27-17-12-20(19-26(27)34)18-23(24(32)15-13-21-8-6-10-28(36-2)30(21)38-4)25(33)16-14-22-9-7-11-29(37-3)31(22)39-5/h6-19,34H,1-5H3/b15-13+,16-14+. The van der Waals surface area contributed by atoms with E-state index in [1.807, 2.05) is 0 Å². The molecule has 0 aromatic heterocycles. The molecule has 202 valence electrons. The van der Waals surface area contributed by atoms with Crippen molar-refractivity contribution < 1.29 is 38.4 Å². The van der Waals surface area contributed by atoms with Gasteiger partial charge in [-0.15, -0.1) is 0 Å². The number of allylic oxidation sites excluding steroid dienone is 3. The van der Waals surface area contributed by atoms with Gasteiger partial charge >= 0.3 is 0 Å². The fourth-order valence-electron chi connectivity index (χ4n) is 3.82. The minimum Gasteiger partial charge on any atom is -0.504 e. The number of phenols is 1. The third kappa shape index (κ3) is 6.87. The maximum absolute atomic E-state index is 13.3. The summed E-state index contributed by atoms with van der Waals surface area (Å²) in [5, 5.41) is 10.2. The largest absolute Gasteiger partial charge is 0.504 e. The van der Waals surface area contributed by atoms with Gasteiger partial charge in [-0.3, -0.25) is 9.59 Å². The number of phenolic OH excluding ortho intramolecular Hbond substituents is 1. The molecule has 39 heavy (non-hydrogen) atoms. The molecule has 0 heterocycles. The number of methoxy groups -OCH3 is 5. The van der Waals surface area contributed by atoms with E-state index in [-0.39, 0.29) is 17.1 Å². The number of carbonyl (C=O) groups is 2. The summed E-state index contributed by atoms with van der Waals surface area (Å²) in [6, 6.07) is 15.1. The molecule has 0 amide bonds. The summed E-state index contributed by atoms with van der Waals surface area (Å²) in [5.41, 5.74) is 1.49. The Morgan fingerprint density at radius 2 is 1.13 bits per heavy atom. The molecule has 0 saturated carbocycles. The first kappa shape index (κ1) is 28.6. The second-order valence-electron chi connectivity index (χ2n) is 8.05. The molecule has 0 spiro atoms. The van der Waals surface area contributed by atoms with Crippen molar-refractivity contribution in [2.24, 2.45) is 0 Å². The molecule has 0 saturated heterocycles. The first-order valence-electron chi connectivity index (χ1n) is 11.8. The number of hydrogen-bond donors (Lipinski definition) is 1. The van der Waals surface area contributed by atoms with Crippen molar-refractivity contribution in [3.63, 3.8) is 0 Å². The number of hydrogen-bond acceptors (Lipinski definition) is 8. The molecule has 0 aliphatic heterocycles. The first-order chi connectivity index (χ1) is 18.9. The lowest BCUT2D eigenvalue weighted by atomic mass is 10.00. The van der Waals surface area contributed by atoms with Crippen LogP contribution in [0.1, 0.15) is 16.7 Å². The van der Waals surface area contributed by atoms with Gasteiger partial charge in [-0.2, -0.15) is 0 Å². The van der Waals surface area contributed by atoms with E-state index in [1.165, 1.54) is 59.8 Å². The minimum atomic E-state index is -0.553. The van der Waals surface area contributed by atoms with Crippen LogP contribution < -0.4 is 23.7 Å². The number of ketones is 2. The maximum atomic E-state index is 13.3. The van der Waals surface area contributed by atoms with E-state index in [0.29, 0.717) is 39.7 Å². The van der Waals surface area contributed by atoms with Gasteiger partial charge in [-0.05, 0) is 60.2 Å². The van der Waals surface area contributed by atoms with Crippen LogP contribution in [0, 0.1) is 0 Å². The number of benzene rings is 3. The second-order valence-corrected chi connectivity index (χ2v) is 8.05. The molecular weight excluding hydrogens is 500 g/mol. The van der Waals surface area contributed by atoms with Crippen LogP contribution in [0.2, 0.25) is 0 Å². The first-order valence-corrected chi connectivity index (χ1v) is 11.8. The lowest BCUT2D eigenvalue weighted by Crippen LogP contribution is -2.08. The zero-order valence-corrected chi connectivity index (χ0v) is 22.4. The molecular formula is C31H30O8. The molecule has 3 aromatic rings. The number of aromatic hydroxyl groups is 1. The van der Waals surface area contributed by atoms with Gasteiger partial charge in [0.05, 0.1) is 41.1 Å². The van der Waals surface area contributed by atoms with Crippen LogP contribution in [0.15, 0.2) is 72.3 Å². The number of ether oxygens (including phenoxy) is 5. The molecule has 1 N–H and O–H groups in total. The second kappa shape index (κ2) is 13.5. The summed E-state index contributed by atoms with van der Waals surface area (Å²) in [7, 11) is 7.46. The number of rotatable bonds is 12. The number of para-hydroxylation sites is 2. The van der Waals surface area contributed by atoms with Gasteiger partial charge in [-0.25, -0.2) is 0 Å². The van der Waals surface area contributed by atoms with E-state index in [1.54, 1.807) is 60.7 Å². The Balaban J connectivity index is 2.03. The fourth-order valence-corrected chi connectivity index (χ4v) is 3.82. The van der Waals surface area contributed by atoms with E-state index in [4.69, 9.17) is 23.7 Å². The smallest absolute Gasteiger partial charge is 0.189 e. The van der Waals surface area contributed by atoms with E-state index in [2.05, 4.69) is 0 Å². The van der Waals surface area contributed by atoms with Crippen molar-refractivity contribution in [1.82, 2.24) is 0 Å². The van der Waals surface area contributed by atoms with E-state index >= 15 is 0 Å². The predicted octanol–water partition coefficient (Wildman–Crippen LogP) is 5.38. The molecule has 0 aliphatic carbocycles. The van der Waals surface area contributed by atoms with Crippen LogP contribution in [0.25, 0.3) is 18.2 Å². The van der Waals surface area contributed by atoms with E-state index < -0.39 is 11.6 Å². The van der Waals surface area contributed by atoms with E-state index in [0.717, 1.165) is 0 Å². The van der Waals surface area contributed by atoms with E-state index in [9.17, 15) is 14.7 Å². The summed E-state index contributed by atoms with van der Waals surface area (Å²) in [4.78, 5) is 26.7. The Labute approximate surface area is 227 Å². The van der Waals surface area contributed by atoms with Gasteiger partial charge in [0.1, 0.15) is 0 Å². The Morgan fingerprint density at radius 3 is 1.54 bits per heavy atom. The van der Waals surface area contributed by atoms with Crippen LogP contribution in [0.5, 0.6) is 34.5 Å². The van der Waals surface area contributed by atoms with Gasteiger partial charge in [0.15, 0.2) is 46.1 Å². The topological polar surface area (TPSA) is 101 Å². The third-order valence-electron chi connectivity index (χ3n) is 5.74. The summed E-state index contributed by atoms with van der Waals surface area (Å²) >= 11 is 0. The molecule has 0 fully saturated rings. The van der Waals surface area contributed by atoms with Crippen molar-refractivity contribution >= 4 is 29.8 Å². The highest BCUT2D eigenvalue weighted by Gasteiger charge is 2.16. The van der Waals surface area contributed by atoms with Crippen LogP contribution in [0.3, 0.4) is 0 Å². The predicted molar refractivity (Wildman–Crippen MR) is 150 cm³/mol. The van der Waals surface area contributed by atoms with Crippen LogP contribution in [-0.2, 0) is 9.59 Å². The molecule has 0 bridgehead atoms. The molecule has 3 aromatic carbocycles. The Hall–Kier alpha value is -4.98. The van der Waals surface area contributed by atoms with Crippen molar-refractivity contribution in [2.75, 3.05) is 35.5 Å². The minimum absolute atomic E-state index is 0.126. The zero-order chi connectivity index (χ0) is 28.4. The van der Waals surface area contributed by atoms with Gasteiger partial charge in [0.25, 0.3) is 0 Å². The van der Waals surface area contributed by atoms with Crippen LogP contribution in [0.4, 0.5) is 0 Å². The third-order valence-corrected chi connectivity index (χ3v) is 5.74. The quantitative estimate of drug-likeness (QED) is 0.189. The van der Waals surface area contributed by atoms with Crippen LogP contribution >= 0.6 is 0 Å². The monoisotopic (exact) mass is 530 g/mol. The van der Waals surface area contributed by atoms with Crippen molar-refractivity contribution in [3.05, 3.63) is 89.0 Å². The summed E-state index contributed by atoms with van der Waals surface area (Å²) in [6.45, 7) is 0. The molecule has 0 unspecified atom stereocenters. The maximum Gasteiger partial charge on any atom is 0.189 e. The van der Waals surface area contributed by atoms with Crippen LogP contribution in [-0.4, -0.2) is 52.2 Å². The fraction of sp³-hybridized carbons (Fsp3) is 0.161. The summed E-state index contributed by atoms with van der Waals surface area (Å²) in [6.07, 6.45) is 7.06. The average Bonchev–Trinajstić information content (AvgIpc) is 2.96. The highest BCUT2D eigenvalue weighted by molar-refractivity contribution is 6.31. The molecule has 0 radical (unpaired) electrons. The molecule has 0 atom stereocenters. The Kier molecular flexibility index (Phi) is 9.92. The molecule has 0 aliphatic rings.